The van der Waals surface area contributed by atoms with Crippen LogP contribution in [0.15, 0.2) is 199 Å². The number of hydrogen-bond acceptors (Lipinski definition) is 2. The highest BCUT2D eigenvalue weighted by molar-refractivity contribution is 6.14. The van der Waals surface area contributed by atoms with Crippen LogP contribution in [-0.2, 0) is 5.41 Å². The van der Waals surface area contributed by atoms with E-state index >= 15 is 0 Å². The number of benzene rings is 8. The summed E-state index contributed by atoms with van der Waals surface area (Å²) >= 11 is 0. The van der Waals surface area contributed by atoms with Gasteiger partial charge in [0.1, 0.15) is 0 Å². The molecule has 0 amide bonds. The minimum absolute atomic E-state index is 0.00116. The molecule has 2 atom stereocenters. The zero-order valence-electron chi connectivity index (χ0n) is 31.9. The third kappa shape index (κ3) is 5.36. The number of nitrogens with zero attached hydrogens (tertiary/aromatic N) is 2. The first-order valence-electron chi connectivity index (χ1n) is 19.5. The van der Waals surface area contributed by atoms with Crippen LogP contribution >= 0.6 is 0 Å². The summed E-state index contributed by atoms with van der Waals surface area (Å²) in [5.74, 6) is 0. The van der Waals surface area contributed by atoms with E-state index in [9.17, 15) is 0 Å². The zero-order chi connectivity index (χ0) is 37.8. The second-order valence-electron chi connectivity index (χ2n) is 15.3. The first-order chi connectivity index (χ1) is 27.5. The molecule has 56 heavy (non-hydrogen) atoms. The van der Waals surface area contributed by atoms with Crippen molar-refractivity contribution in [3.63, 3.8) is 0 Å². The fourth-order valence-electron chi connectivity index (χ4n) is 9.32. The molecule has 1 spiro atoms. The standard InChI is InChI=1S/C54H42N2/c1-36-22-28-42(29-23-36)55-52(38-14-6-4-7-15-38)40-26-32-46-44-18-10-12-20-48(44)54(50(46)34-40)49-21-13-11-19-45(49)47-33-27-41(35-51(47)54)53(39-16-8-5-9-17-39)56(3)43-30-24-37(2)25-31-43/h4-35,53H,1-3H3. The predicted molar refractivity (Wildman–Crippen MR) is 234 cm³/mol. The Bertz CT molecular complexity index is 2750. The van der Waals surface area contributed by atoms with Crippen LogP contribution in [-0.4, -0.2) is 12.8 Å². The Morgan fingerprint density at radius 1 is 0.446 bits per heavy atom. The van der Waals surface area contributed by atoms with Crippen LogP contribution in [0.25, 0.3) is 22.3 Å². The van der Waals surface area contributed by atoms with E-state index in [0.29, 0.717) is 0 Å². The summed E-state index contributed by atoms with van der Waals surface area (Å²) in [5.41, 5.74) is 20.2. The van der Waals surface area contributed by atoms with Crippen LogP contribution in [0.3, 0.4) is 0 Å². The van der Waals surface area contributed by atoms with E-state index in [1.807, 2.05) is 0 Å². The molecule has 268 valence electrons. The van der Waals surface area contributed by atoms with Gasteiger partial charge >= 0.3 is 0 Å². The Balaban J connectivity index is 1.23. The molecule has 0 bridgehead atoms. The average Bonchev–Trinajstić information content (AvgIpc) is 3.71. The van der Waals surface area contributed by atoms with Crippen molar-refractivity contribution in [2.45, 2.75) is 25.3 Å². The van der Waals surface area contributed by atoms with Crippen LogP contribution in [0, 0.1) is 13.8 Å². The van der Waals surface area contributed by atoms with Crippen LogP contribution in [0.4, 0.5) is 11.4 Å². The van der Waals surface area contributed by atoms with Crippen molar-refractivity contribution < 1.29 is 0 Å². The molecule has 2 nitrogen and oxygen atoms in total. The van der Waals surface area contributed by atoms with Crippen molar-refractivity contribution >= 4 is 17.1 Å². The van der Waals surface area contributed by atoms with E-state index in [0.717, 1.165) is 22.5 Å². The number of fused-ring (bicyclic) bond motifs is 10. The van der Waals surface area contributed by atoms with Crippen molar-refractivity contribution in [3.8, 4) is 22.3 Å². The Hall–Kier alpha value is -6.77. The van der Waals surface area contributed by atoms with Gasteiger partial charge in [0.2, 0.25) is 0 Å². The van der Waals surface area contributed by atoms with Crippen molar-refractivity contribution in [2.24, 2.45) is 4.99 Å². The van der Waals surface area contributed by atoms with Gasteiger partial charge in [0, 0.05) is 23.9 Å². The molecule has 0 aliphatic heterocycles. The van der Waals surface area contributed by atoms with E-state index in [1.165, 1.54) is 72.4 Å². The highest BCUT2D eigenvalue weighted by Gasteiger charge is 2.52. The maximum Gasteiger partial charge on any atom is 0.0792 e. The summed E-state index contributed by atoms with van der Waals surface area (Å²) in [6.45, 7) is 4.27. The Kier molecular flexibility index (Phi) is 8.15. The molecule has 2 aliphatic carbocycles. The first-order valence-corrected chi connectivity index (χ1v) is 19.5. The van der Waals surface area contributed by atoms with Crippen molar-refractivity contribution in [2.75, 3.05) is 11.9 Å². The lowest BCUT2D eigenvalue weighted by Crippen LogP contribution is -2.28. The molecule has 8 aromatic carbocycles. The quantitative estimate of drug-likeness (QED) is 0.150. The minimum Gasteiger partial charge on any atom is -0.363 e. The van der Waals surface area contributed by atoms with Gasteiger partial charge in [-0.05, 0) is 99.8 Å². The van der Waals surface area contributed by atoms with Gasteiger partial charge in [-0.3, -0.25) is 0 Å². The highest BCUT2D eigenvalue weighted by atomic mass is 15.1. The molecular weight excluding hydrogens is 677 g/mol. The van der Waals surface area contributed by atoms with Gasteiger partial charge in [-0.1, -0.05) is 175 Å². The van der Waals surface area contributed by atoms with Gasteiger partial charge < -0.3 is 4.90 Å². The summed E-state index contributed by atoms with van der Waals surface area (Å²) < 4.78 is 0. The van der Waals surface area contributed by atoms with Crippen LogP contribution in [0.5, 0.6) is 0 Å². The highest BCUT2D eigenvalue weighted by Crippen LogP contribution is 2.63. The summed E-state index contributed by atoms with van der Waals surface area (Å²) in [7, 11) is 2.23. The van der Waals surface area contributed by atoms with E-state index in [-0.39, 0.29) is 6.04 Å². The van der Waals surface area contributed by atoms with Crippen molar-refractivity contribution in [1.29, 1.82) is 0 Å². The Labute approximate surface area is 330 Å². The van der Waals surface area contributed by atoms with Crippen molar-refractivity contribution in [1.82, 2.24) is 0 Å². The predicted octanol–water partition coefficient (Wildman–Crippen LogP) is 13.0. The Morgan fingerprint density at radius 3 is 1.61 bits per heavy atom. The van der Waals surface area contributed by atoms with Gasteiger partial charge in [0.15, 0.2) is 0 Å². The molecular formula is C54H42N2. The fourth-order valence-corrected chi connectivity index (χ4v) is 9.32. The number of aryl methyl sites for hydroxylation is 2. The number of hydrogen-bond donors (Lipinski definition) is 0. The molecule has 0 fully saturated rings. The smallest absolute Gasteiger partial charge is 0.0792 e. The van der Waals surface area contributed by atoms with Gasteiger partial charge in [0.05, 0.1) is 22.9 Å². The van der Waals surface area contributed by atoms with Gasteiger partial charge in [-0.2, -0.15) is 0 Å². The maximum atomic E-state index is 5.35. The molecule has 0 aromatic heterocycles. The summed E-state index contributed by atoms with van der Waals surface area (Å²) in [6.07, 6.45) is 0. The third-order valence-electron chi connectivity index (χ3n) is 12.0. The molecule has 10 rings (SSSR count). The summed E-state index contributed by atoms with van der Waals surface area (Å²) in [6, 6.07) is 71.4. The molecule has 8 aromatic rings. The van der Waals surface area contributed by atoms with E-state index < -0.39 is 5.41 Å². The van der Waals surface area contributed by atoms with E-state index in [4.69, 9.17) is 4.99 Å². The molecule has 2 unspecified atom stereocenters. The SMILES string of the molecule is Cc1ccc(N=C(c2ccccc2)c2ccc3c(c2)C2(c4ccccc4-3)c3ccccc3-c3ccc(C(c4ccccc4)N(C)c4ccc(C)cc4)cc32)cc1. The molecule has 2 heteroatoms. The number of rotatable bonds is 7. The minimum atomic E-state index is -0.515. The van der Waals surface area contributed by atoms with Crippen molar-refractivity contribution in [3.05, 3.63) is 250 Å². The molecule has 0 saturated carbocycles. The normalized spacial score (nSPS) is 15.5. The van der Waals surface area contributed by atoms with Gasteiger partial charge in [-0.25, -0.2) is 4.99 Å². The second kappa shape index (κ2) is 13.5. The summed E-state index contributed by atoms with van der Waals surface area (Å²) in [4.78, 5) is 7.78. The third-order valence-corrected chi connectivity index (χ3v) is 12.0. The maximum absolute atomic E-state index is 5.35. The molecule has 0 radical (unpaired) electrons. The lowest BCUT2D eigenvalue weighted by molar-refractivity contribution is 0.763. The topological polar surface area (TPSA) is 15.6 Å². The molecule has 0 saturated heterocycles. The lowest BCUT2D eigenvalue weighted by Gasteiger charge is -2.34. The monoisotopic (exact) mass is 718 g/mol. The Morgan fingerprint density at radius 2 is 0.964 bits per heavy atom. The molecule has 2 aliphatic rings. The molecule has 0 heterocycles. The van der Waals surface area contributed by atoms with Crippen LogP contribution in [0.1, 0.15) is 61.7 Å². The number of aliphatic imine (C=N–C) groups is 1. The zero-order valence-corrected chi connectivity index (χ0v) is 31.9. The largest absolute Gasteiger partial charge is 0.363 e. The number of anilines is 1. The van der Waals surface area contributed by atoms with Gasteiger partial charge in [0.25, 0.3) is 0 Å². The van der Waals surface area contributed by atoms with Gasteiger partial charge in [-0.15, -0.1) is 0 Å². The second-order valence-corrected chi connectivity index (χ2v) is 15.3. The van der Waals surface area contributed by atoms with E-state index in [1.54, 1.807) is 0 Å². The first kappa shape index (κ1) is 33.8. The average molecular weight is 719 g/mol. The van der Waals surface area contributed by atoms with E-state index in [2.05, 4.69) is 220 Å². The fraction of sp³-hybridized carbons (Fsp3) is 0.0926. The molecule has 0 N–H and O–H groups in total. The van der Waals surface area contributed by atoms with Crippen LogP contribution < -0.4 is 4.90 Å². The van der Waals surface area contributed by atoms with Crippen LogP contribution in [0.2, 0.25) is 0 Å². The summed E-state index contributed by atoms with van der Waals surface area (Å²) in [5, 5.41) is 0. The lowest BCUT2D eigenvalue weighted by atomic mass is 9.70.